The molecule has 0 aromatic heterocycles. The van der Waals surface area contributed by atoms with Gasteiger partial charge >= 0.3 is 0 Å². The van der Waals surface area contributed by atoms with Crippen molar-refractivity contribution in [3.05, 3.63) is 182 Å². The largest absolute Gasteiger partial charge is 0.456 e. The predicted octanol–water partition coefficient (Wildman–Crippen LogP) is 13.6. The highest BCUT2D eigenvalue weighted by atomic mass is 16.5. The minimum absolute atomic E-state index is 0.890. The van der Waals surface area contributed by atoms with Crippen molar-refractivity contribution in [3.8, 4) is 67.1 Å². The third kappa shape index (κ3) is 4.47. The fraction of sp³-hybridized carbons (Fsp3) is 0. The van der Waals surface area contributed by atoms with Gasteiger partial charge in [0.25, 0.3) is 0 Å². The fourth-order valence-electron chi connectivity index (χ4n) is 7.76. The molecule has 9 aromatic rings. The van der Waals surface area contributed by atoms with Gasteiger partial charge in [-0.05, 0) is 95.7 Å². The molecule has 1 heterocycles. The molecule has 0 atom stereocenters. The maximum atomic E-state index is 6.75. The van der Waals surface area contributed by atoms with Gasteiger partial charge in [-0.1, -0.05) is 158 Å². The topological polar surface area (TPSA) is 9.23 Å². The quantitative estimate of drug-likeness (QED) is 0.177. The van der Waals surface area contributed by atoms with Crippen molar-refractivity contribution < 1.29 is 4.74 Å². The van der Waals surface area contributed by atoms with Gasteiger partial charge in [0.1, 0.15) is 11.5 Å². The molecule has 0 radical (unpaired) electrons. The zero-order valence-corrected chi connectivity index (χ0v) is 26.7. The van der Waals surface area contributed by atoms with Crippen molar-refractivity contribution in [2.24, 2.45) is 0 Å². The van der Waals surface area contributed by atoms with E-state index in [0.717, 1.165) is 28.0 Å². The number of fused-ring (bicyclic) bond motifs is 5. The Labute approximate surface area is 285 Å². The molecule has 10 rings (SSSR count). The molecule has 0 unspecified atom stereocenters. The van der Waals surface area contributed by atoms with Gasteiger partial charge in [-0.25, -0.2) is 0 Å². The molecule has 1 aliphatic heterocycles. The molecule has 0 saturated heterocycles. The summed E-state index contributed by atoms with van der Waals surface area (Å²) in [6.45, 7) is 0. The lowest BCUT2D eigenvalue weighted by Crippen LogP contribution is -2.01. The zero-order chi connectivity index (χ0) is 32.3. The summed E-state index contributed by atoms with van der Waals surface area (Å²) >= 11 is 0. The van der Waals surface area contributed by atoms with Gasteiger partial charge in [-0.2, -0.15) is 0 Å². The minimum atomic E-state index is 0.890. The van der Waals surface area contributed by atoms with Crippen LogP contribution in [0.4, 0.5) is 0 Å². The standard InChI is InChI=1S/C48H30O/c1-3-11-31(12-4-1)37-26-28-42-45(30-37)49-44-20-10-19-40-43-29-36(25-27-41(43)46(48(42)47(40)44)35-14-5-2-6-15-35)32-21-23-34(24-22-32)39-18-9-16-33-13-7-8-17-38(33)39/h1-30H. The lowest BCUT2D eigenvalue weighted by Gasteiger charge is -2.26. The van der Waals surface area contributed by atoms with Crippen LogP contribution in [0.2, 0.25) is 0 Å². The van der Waals surface area contributed by atoms with Crippen molar-refractivity contribution >= 4 is 32.3 Å². The Morgan fingerprint density at radius 2 is 0.898 bits per heavy atom. The van der Waals surface area contributed by atoms with Gasteiger partial charge in [-0.15, -0.1) is 0 Å². The van der Waals surface area contributed by atoms with E-state index in [0.29, 0.717) is 0 Å². The molecule has 1 nitrogen and oxygen atoms in total. The van der Waals surface area contributed by atoms with E-state index in [1.54, 1.807) is 0 Å². The molecule has 1 heteroatoms. The van der Waals surface area contributed by atoms with Gasteiger partial charge in [0.15, 0.2) is 0 Å². The van der Waals surface area contributed by atoms with Gasteiger partial charge in [0.2, 0.25) is 0 Å². The smallest absolute Gasteiger partial charge is 0.135 e. The van der Waals surface area contributed by atoms with Crippen LogP contribution in [0.25, 0.3) is 88.0 Å². The monoisotopic (exact) mass is 622 g/mol. The van der Waals surface area contributed by atoms with Crippen LogP contribution in [-0.2, 0) is 0 Å². The van der Waals surface area contributed by atoms with Crippen molar-refractivity contribution in [1.29, 1.82) is 0 Å². The van der Waals surface area contributed by atoms with Crippen LogP contribution < -0.4 is 4.74 Å². The van der Waals surface area contributed by atoms with E-state index in [4.69, 9.17) is 4.74 Å². The molecule has 0 aliphatic carbocycles. The highest BCUT2D eigenvalue weighted by molar-refractivity contribution is 6.24. The normalized spacial score (nSPS) is 11.8. The molecule has 1 aliphatic rings. The first-order valence-corrected chi connectivity index (χ1v) is 16.8. The molecule has 0 bridgehead atoms. The first-order valence-electron chi connectivity index (χ1n) is 16.8. The fourth-order valence-corrected chi connectivity index (χ4v) is 7.76. The van der Waals surface area contributed by atoms with Gasteiger partial charge in [0, 0.05) is 16.5 Å². The third-order valence-electron chi connectivity index (χ3n) is 10.1. The average molecular weight is 623 g/mol. The minimum Gasteiger partial charge on any atom is -0.456 e. The second-order valence-corrected chi connectivity index (χ2v) is 12.8. The van der Waals surface area contributed by atoms with Crippen LogP contribution in [0, 0.1) is 0 Å². The Bertz CT molecular complexity index is 2700. The first kappa shape index (κ1) is 27.7. The van der Waals surface area contributed by atoms with Gasteiger partial charge in [-0.3, -0.25) is 0 Å². The highest BCUT2D eigenvalue weighted by Crippen LogP contribution is 2.54. The molecule has 0 amide bonds. The predicted molar refractivity (Wildman–Crippen MR) is 206 cm³/mol. The zero-order valence-electron chi connectivity index (χ0n) is 26.7. The molecule has 49 heavy (non-hydrogen) atoms. The summed E-state index contributed by atoms with van der Waals surface area (Å²) in [6, 6.07) is 65.6. The first-order chi connectivity index (χ1) is 24.3. The second-order valence-electron chi connectivity index (χ2n) is 12.8. The number of benzene rings is 9. The Kier molecular flexibility index (Phi) is 6.25. The van der Waals surface area contributed by atoms with E-state index in [1.165, 1.54) is 71.4 Å². The summed E-state index contributed by atoms with van der Waals surface area (Å²) in [5.41, 5.74) is 12.0. The lowest BCUT2D eigenvalue weighted by molar-refractivity contribution is 0.487. The van der Waals surface area contributed by atoms with Crippen molar-refractivity contribution in [2.75, 3.05) is 0 Å². The lowest BCUT2D eigenvalue weighted by atomic mass is 9.82. The maximum absolute atomic E-state index is 6.75. The maximum Gasteiger partial charge on any atom is 0.135 e. The van der Waals surface area contributed by atoms with Gasteiger partial charge < -0.3 is 4.74 Å². The molecular formula is C48H30O. The average Bonchev–Trinajstić information content (AvgIpc) is 3.18. The van der Waals surface area contributed by atoms with Crippen LogP contribution >= 0.6 is 0 Å². The van der Waals surface area contributed by atoms with E-state index in [-0.39, 0.29) is 0 Å². The summed E-state index contributed by atoms with van der Waals surface area (Å²) < 4.78 is 6.75. The molecule has 228 valence electrons. The molecule has 0 spiro atoms. The van der Waals surface area contributed by atoms with E-state index in [1.807, 2.05) is 0 Å². The Morgan fingerprint density at radius 1 is 0.286 bits per heavy atom. The summed E-state index contributed by atoms with van der Waals surface area (Å²) in [4.78, 5) is 0. The van der Waals surface area contributed by atoms with Gasteiger partial charge in [0.05, 0.1) is 0 Å². The van der Waals surface area contributed by atoms with Crippen molar-refractivity contribution in [3.63, 3.8) is 0 Å². The van der Waals surface area contributed by atoms with E-state index >= 15 is 0 Å². The van der Waals surface area contributed by atoms with E-state index < -0.39 is 0 Å². The Morgan fingerprint density at radius 3 is 1.73 bits per heavy atom. The SMILES string of the molecule is c1ccc(-c2ccc3c(c2)Oc2cccc4c2c-3c(-c2ccccc2)c2ccc(-c3ccc(-c5cccc6ccccc56)cc3)cc24)cc1. The van der Waals surface area contributed by atoms with Crippen molar-refractivity contribution in [1.82, 2.24) is 0 Å². The molecule has 9 aromatic carbocycles. The summed E-state index contributed by atoms with van der Waals surface area (Å²) in [5, 5.41) is 7.36. The summed E-state index contributed by atoms with van der Waals surface area (Å²) in [7, 11) is 0. The van der Waals surface area contributed by atoms with E-state index in [9.17, 15) is 0 Å². The van der Waals surface area contributed by atoms with Crippen LogP contribution in [0.1, 0.15) is 0 Å². The summed E-state index contributed by atoms with van der Waals surface area (Å²) in [6.07, 6.45) is 0. The van der Waals surface area contributed by atoms with Crippen LogP contribution in [0.5, 0.6) is 11.5 Å². The van der Waals surface area contributed by atoms with Crippen LogP contribution in [-0.4, -0.2) is 0 Å². The molecule has 0 saturated carbocycles. The van der Waals surface area contributed by atoms with Crippen molar-refractivity contribution in [2.45, 2.75) is 0 Å². The Balaban J connectivity index is 1.17. The second kappa shape index (κ2) is 11.1. The number of hydrogen-bond donors (Lipinski definition) is 0. The van der Waals surface area contributed by atoms with E-state index in [2.05, 4.69) is 182 Å². The van der Waals surface area contributed by atoms with Crippen LogP contribution in [0.3, 0.4) is 0 Å². The number of hydrogen-bond acceptors (Lipinski definition) is 1. The Hall–Kier alpha value is -6.44. The molecule has 0 N–H and O–H groups in total. The number of rotatable bonds is 4. The highest BCUT2D eigenvalue weighted by Gasteiger charge is 2.27. The number of ether oxygens (including phenoxy) is 1. The molecule has 0 fully saturated rings. The van der Waals surface area contributed by atoms with Crippen LogP contribution in [0.15, 0.2) is 182 Å². The summed E-state index contributed by atoms with van der Waals surface area (Å²) in [5.74, 6) is 1.79. The third-order valence-corrected chi connectivity index (χ3v) is 10.1. The molecular weight excluding hydrogens is 593 g/mol.